The molecule has 0 heterocycles. The van der Waals surface area contributed by atoms with Gasteiger partial charge in [-0.15, -0.1) is 0 Å². The molecule has 0 atom stereocenters. The minimum atomic E-state index is -0.0275. The fraction of sp³-hybridized carbons (Fsp3) is 0.0741. The molecule has 3 heteroatoms. The van der Waals surface area contributed by atoms with Crippen molar-refractivity contribution in [2.45, 2.75) is 12.8 Å². The van der Waals surface area contributed by atoms with E-state index in [9.17, 15) is 15.0 Å². The highest BCUT2D eigenvalue weighted by Crippen LogP contribution is 2.34. The Kier molecular flexibility index (Phi) is 5.36. The Morgan fingerprint density at radius 3 is 1.27 bits per heavy atom. The maximum Gasteiger partial charge on any atom is 0.159 e. The number of benzene rings is 4. The van der Waals surface area contributed by atoms with Gasteiger partial charge in [-0.2, -0.15) is 0 Å². The van der Waals surface area contributed by atoms with Crippen LogP contribution in [0.3, 0.4) is 0 Å². The first-order valence-corrected chi connectivity index (χ1v) is 9.80. The average Bonchev–Trinajstić information content (AvgIpc) is 2.77. The van der Waals surface area contributed by atoms with Crippen molar-refractivity contribution in [1.82, 2.24) is 0 Å². The largest absolute Gasteiger partial charge is 0.508 e. The molecule has 0 saturated heterocycles. The van der Waals surface area contributed by atoms with Gasteiger partial charge in [-0.25, -0.2) is 0 Å². The molecule has 0 aliphatic rings. The summed E-state index contributed by atoms with van der Waals surface area (Å²) in [4.78, 5) is 11.5. The fourth-order valence-electron chi connectivity index (χ4n) is 3.68. The molecule has 3 nitrogen and oxygen atoms in total. The molecule has 30 heavy (non-hydrogen) atoms. The fourth-order valence-corrected chi connectivity index (χ4v) is 3.68. The van der Waals surface area contributed by atoms with Crippen LogP contribution in [0.1, 0.15) is 39.9 Å². The van der Waals surface area contributed by atoms with Gasteiger partial charge in [-0.3, -0.25) is 4.79 Å². The van der Waals surface area contributed by atoms with Crippen LogP contribution in [0.4, 0.5) is 0 Å². The maximum atomic E-state index is 11.5. The lowest BCUT2D eigenvalue weighted by molar-refractivity contribution is 0.101. The first-order chi connectivity index (χ1) is 14.5. The minimum absolute atomic E-state index is 0.0275. The van der Waals surface area contributed by atoms with Crippen LogP contribution >= 0.6 is 0 Å². The standard InChI is InChI=1S/C27H22O3/c1-18(28)19-2-4-20(5-3-19)21-6-8-22(9-7-21)27(23-10-14-25(29)15-11-23)24-12-16-26(30)17-13-24/h2-17,27,29-30H,1H3. The zero-order valence-corrected chi connectivity index (χ0v) is 16.6. The molecule has 0 saturated carbocycles. The highest BCUT2D eigenvalue weighted by atomic mass is 16.3. The van der Waals surface area contributed by atoms with Crippen LogP contribution in [-0.2, 0) is 0 Å². The summed E-state index contributed by atoms with van der Waals surface area (Å²) < 4.78 is 0. The number of carbonyl (C=O) groups excluding carboxylic acids is 1. The van der Waals surface area contributed by atoms with Gasteiger partial charge in [0.05, 0.1) is 0 Å². The molecule has 0 spiro atoms. The van der Waals surface area contributed by atoms with E-state index in [4.69, 9.17) is 0 Å². The molecule has 0 aromatic heterocycles. The topological polar surface area (TPSA) is 57.5 Å². The molecule has 4 rings (SSSR count). The van der Waals surface area contributed by atoms with E-state index in [1.807, 2.05) is 48.5 Å². The Morgan fingerprint density at radius 2 is 0.900 bits per heavy atom. The molecule has 148 valence electrons. The Balaban J connectivity index is 1.71. The van der Waals surface area contributed by atoms with Crippen LogP contribution < -0.4 is 0 Å². The van der Waals surface area contributed by atoms with E-state index in [-0.39, 0.29) is 23.2 Å². The molecule has 0 radical (unpaired) electrons. The summed E-state index contributed by atoms with van der Waals surface area (Å²) in [6.45, 7) is 1.57. The number of Topliss-reactive ketones (excluding diaryl/α,β-unsaturated/α-hetero) is 1. The van der Waals surface area contributed by atoms with Gasteiger partial charge in [-0.1, -0.05) is 72.8 Å². The second-order valence-electron chi connectivity index (χ2n) is 7.37. The van der Waals surface area contributed by atoms with Crippen molar-refractivity contribution in [2.75, 3.05) is 0 Å². The molecular weight excluding hydrogens is 372 g/mol. The van der Waals surface area contributed by atoms with E-state index in [2.05, 4.69) is 24.3 Å². The zero-order chi connectivity index (χ0) is 21.1. The van der Waals surface area contributed by atoms with Crippen LogP contribution in [-0.4, -0.2) is 16.0 Å². The highest BCUT2D eigenvalue weighted by Gasteiger charge is 2.17. The van der Waals surface area contributed by atoms with Gasteiger partial charge in [-0.05, 0) is 59.0 Å². The Bertz CT molecular complexity index is 1100. The number of hydrogen-bond acceptors (Lipinski definition) is 3. The number of phenolic OH excluding ortho intramolecular Hbond substituents is 2. The molecule has 4 aromatic carbocycles. The number of rotatable bonds is 5. The second-order valence-corrected chi connectivity index (χ2v) is 7.37. The minimum Gasteiger partial charge on any atom is -0.508 e. The van der Waals surface area contributed by atoms with E-state index in [0.29, 0.717) is 5.56 Å². The monoisotopic (exact) mass is 394 g/mol. The third-order valence-electron chi connectivity index (χ3n) is 5.32. The van der Waals surface area contributed by atoms with Gasteiger partial charge < -0.3 is 10.2 Å². The third kappa shape index (κ3) is 4.11. The van der Waals surface area contributed by atoms with Crippen LogP contribution in [0.25, 0.3) is 11.1 Å². The van der Waals surface area contributed by atoms with Gasteiger partial charge in [0.15, 0.2) is 5.78 Å². The molecule has 0 amide bonds. The van der Waals surface area contributed by atoms with Crippen LogP contribution in [0.15, 0.2) is 97.1 Å². The molecule has 0 bridgehead atoms. The van der Waals surface area contributed by atoms with Crippen molar-refractivity contribution >= 4 is 5.78 Å². The van der Waals surface area contributed by atoms with Crippen molar-refractivity contribution in [3.63, 3.8) is 0 Å². The van der Waals surface area contributed by atoms with E-state index >= 15 is 0 Å². The lowest BCUT2D eigenvalue weighted by Gasteiger charge is -2.19. The van der Waals surface area contributed by atoms with Crippen molar-refractivity contribution in [3.05, 3.63) is 119 Å². The quantitative estimate of drug-likeness (QED) is 0.315. The van der Waals surface area contributed by atoms with E-state index in [1.165, 1.54) is 0 Å². The van der Waals surface area contributed by atoms with Gasteiger partial charge in [0, 0.05) is 11.5 Å². The molecule has 0 aliphatic heterocycles. The van der Waals surface area contributed by atoms with E-state index < -0.39 is 0 Å². The summed E-state index contributed by atoms with van der Waals surface area (Å²) in [6, 6.07) is 30.4. The first kappa shape index (κ1) is 19.5. The summed E-state index contributed by atoms with van der Waals surface area (Å²) in [6.07, 6.45) is 0. The number of aromatic hydroxyl groups is 2. The number of carbonyl (C=O) groups is 1. The Labute approximate surface area is 175 Å². The zero-order valence-electron chi connectivity index (χ0n) is 16.6. The molecule has 2 N–H and O–H groups in total. The summed E-state index contributed by atoms with van der Waals surface area (Å²) >= 11 is 0. The Hall–Kier alpha value is -3.85. The van der Waals surface area contributed by atoms with Crippen LogP contribution in [0, 0.1) is 0 Å². The first-order valence-electron chi connectivity index (χ1n) is 9.80. The summed E-state index contributed by atoms with van der Waals surface area (Å²) in [5, 5.41) is 19.4. The summed E-state index contributed by atoms with van der Waals surface area (Å²) in [7, 11) is 0. The lowest BCUT2D eigenvalue weighted by Crippen LogP contribution is -2.03. The summed E-state index contributed by atoms with van der Waals surface area (Å²) in [5.41, 5.74) is 6.04. The number of ketones is 1. The second kappa shape index (κ2) is 8.26. The number of phenols is 2. The molecule has 0 fully saturated rings. The molecule has 0 unspecified atom stereocenters. The van der Waals surface area contributed by atoms with Gasteiger partial charge in [0.1, 0.15) is 11.5 Å². The van der Waals surface area contributed by atoms with Gasteiger partial charge >= 0.3 is 0 Å². The lowest BCUT2D eigenvalue weighted by atomic mass is 9.84. The normalized spacial score (nSPS) is 10.9. The highest BCUT2D eigenvalue weighted by molar-refractivity contribution is 5.94. The number of hydrogen-bond donors (Lipinski definition) is 2. The van der Waals surface area contributed by atoms with Crippen LogP contribution in [0.5, 0.6) is 11.5 Å². The van der Waals surface area contributed by atoms with Crippen molar-refractivity contribution < 1.29 is 15.0 Å². The van der Waals surface area contributed by atoms with Crippen LogP contribution in [0.2, 0.25) is 0 Å². The predicted octanol–water partition coefficient (Wildman–Crippen LogP) is 6.15. The van der Waals surface area contributed by atoms with Crippen molar-refractivity contribution in [1.29, 1.82) is 0 Å². The molecule has 0 aliphatic carbocycles. The maximum absolute atomic E-state index is 11.5. The van der Waals surface area contributed by atoms with Crippen molar-refractivity contribution in [2.24, 2.45) is 0 Å². The Morgan fingerprint density at radius 1 is 0.567 bits per heavy atom. The van der Waals surface area contributed by atoms with Crippen molar-refractivity contribution in [3.8, 4) is 22.6 Å². The smallest absolute Gasteiger partial charge is 0.159 e. The van der Waals surface area contributed by atoms with E-state index in [1.54, 1.807) is 31.2 Å². The van der Waals surface area contributed by atoms with Gasteiger partial charge in [0.25, 0.3) is 0 Å². The SMILES string of the molecule is CC(=O)c1ccc(-c2ccc(C(c3ccc(O)cc3)c3ccc(O)cc3)cc2)cc1. The molecular formula is C27H22O3. The average molecular weight is 394 g/mol. The van der Waals surface area contributed by atoms with Gasteiger partial charge in [0.2, 0.25) is 0 Å². The summed E-state index contributed by atoms with van der Waals surface area (Å²) in [5.74, 6) is 0.489. The molecule has 4 aromatic rings. The predicted molar refractivity (Wildman–Crippen MR) is 119 cm³/mol. The third-order valence-corrected chi connectivity index (χ3v) is 5.32. The van der Waals surface area contributed by atoms with E-state index in [0.717, 1.165) is 27.8 Å².